The van der Waals surface area contributed by atoms with Crippen molar-refractivity contribution in [2.45, 2.75) is 0 Å². The van der Waals surface area contributed by atoms with E-state index in [2.05, 4.69) is 15.0 Å². The molecule has 10 heteroatoms. The smallest absolute Gasteiger partial charge is 0.297 e. The van der Waals surface area contributed by atoms with Crippen LogP contribution in [0.1, 0.15) is 21.0 Å². The Kier molecular flexibility index (Phi) is 9.51. The van der Waals surface area contributed by atoms with Crippen molar-refractivity contribution in [3.05, 3.63) is 58.1 Å². The molecule has 2 heterocycles. The average Bonchev–Trinajstić information content (AvgIpc) is 2.61. The summed E-state index contributed by atoms with van der Waals surface area (Å²) in [5.41, 5.74) is 5.45. The molecule has 0 aromatic carbocycles. The van der Waals surface area contributed by atoms with Crippen molar-refractivity contribution in [2.24, 2.45) is 10.7 Å². The molecule has 0 bridgehead atoms. The van der Waals surface area contributed by atoms with Gasteiger partial charge in [-0.25, -0.2) is 9.97 Å². The summed E-state index contributed by atoms with van der Waals surface area (Å²) in [6.07, 6.45) is 6.56. The molecule has 0 fully saturated rings. The van der Waals surface area contributed by atoms with Crippen LogP contribution in [0.3, 0.4) is 0 Å². The molecule has 2 rings (SSSR count). The molecule has 0 saturated carbocycles. The van der Waals surface area contributed by atoms with E-state index in [0.29, 0.717) is 15.7 Å². The molecule has 132 valence electrons. The first-order chi connectivity index (χ1) is 11.9. The molecule has 0 spiro atoms. The zero-order valence-electron chi connectivity index (χ0n) is 13.3. The van der Waals surface area contributed by atoms with Gasteiger partial charge in [-0.15, -0.1) is 23.5 Å². The van der Waals surface area contributed by atoms with Gasteiger partial charge >= 0.3 is 0 Å². The van der Waals surface area contributed by atoms with Gasteiger partial charge in [-0.05, 0) is 36.8 Å². The Morgan fingerprint density at radius 3 is 1.80 bits per heavy atom. The second kappa shape index (κ2) is 11.1. The fourth-order valence-corrected chi connectivity index (χ4v) is 2.58. The summed E-state index contributed by atoms with van der Waals surface area (Å²) in [4.78, 5) is 33.5. The normalized spacial score (nSPS) is 9.60. The SMILES string of the molecule is CSC(=NC(=O)c1ccc(Cl)cn1)SC.NC(=O)c1ccc(Cl)cn1. The van der Waals surface area contributed by atoms with Crippen LogP contribution in [0.15, 0.2) is 41.7 Å². The van der Waals surface area contributed by atoms with Gasteiger partial charge < -0.3 is 5.73 Å². The van der Waals surface area contributed by atoms with Crippen LogP contribution in [0.4, 0.5) is 0 Å². The van der Waals surface area contributed by atoms with Crippen LogP contribution in [-0.4, -0.2) is 38.7 Å². The molecule has 0 aliphatic carbocycles. The summed E-state index contributed by atoms with van der Waals surface area (Å²) in [7, 11) is 0. The summed E-state index contributed by atoms with van der Waals surface area (Å²) in [5.74, 6) is -0.887. The van der Waals surface area contributed by atoms with Gasteiger partial charge in [0.1, 0.15) is 15.8 Å². The lowest BCUT2D eigenvalue weighted by atomic mass is 10.3. The number of carbonyl (C=O) groups excluding carboxylic acids is 2. The Bertz CT molecular complexity index is 747. The molecule has 2 N–H and O–H groups in total. The molecule has 2 aromatic heterocycles. The van der Waals surface area contributed by atoms with Crippen molar-refractivity contribution in [3.63, 3.8) is 0 Å². The van der Waals surface area contributed by atoms with Crippen molar-refractivity contribution in [2.75, 3.05) is 12.5 Å². The summed E-state index contributed by atoms with van der Waals surface area (Å²) >= 11 is 14.0. The van der Waals surface area contributed by atoms with E-state index in [-0.39, 0.29) is 11.6 Å². The van der Waals surface area contributed by atoms with Gasteiger partial charge in [-0.2, -0.15) is 4.99 Å². The molecule has 2 aromatic rings. The minimum Gasteiger partial charge on any atom is -0.364 e. The number of nitrogens with two attached hydrogens (primary N) is 1. The summed E-state index contributed by atoms with van der Waals surface area (Å²) < 4.78 is 0.719. The lowest BCUT2D eigenvalue weighted by Gasteiger charge is -1.97. The first kappa shape index (κ1) is 21.4. The standard InChI is InChI=1S/C9H9ClN2OS2.C6H5ClN2O/c1-14-9(15-2)12-8(13)7-4-3-6(10)5-11-7;7-4-1-2-5(6(8)10)9-3-4/h3-5H,1-2H3;1-3H,(H2,8,10). The molecule has 25 heavy (non-hydrogen) atoms. The lowest BCUT2D eigenvalue weighted by molar-refractivity contribution is 0.0989. The number of thioether (sulfide) groups is 2. The van der Waals surface area contributed by atoms with Crippen LogP contribution < -0.4 is 5.73 Å². The fourth-order valence-electron chi connectivity index (χ4n) is 1.34. The zero-order chi connectivity index (χ0) is 18.8. The number of aliphatic imine (C=N–C) groups is 1. The van der Waals surface area contributed by atoms with Crippen LogP contribution in [0.25, 0.3) is 0 Å². The van der Waals surface area contributed by atoms with Gasteiger partial charge in [0, 0.05) is 12.4 Å². The molecule has 0 radical (unpaired) electrons. The summed E-state index contributed by atoms with van der Waals surface area (Å²) in [5, 5.41) is 0.996. The zero-order valence-corrected chi connectivity index (χ0v) is 16.4. The van der Waals surface area contributed by atoms with Gasteiger partial charge in [0.15, 0.2) is 0 Å². The number of rotatable bonds is 2. The second-order valence-corrected chi connectivity index (χ2v) is 6.90. The number of carbonyl (C=O) groups is 2. The van der Waals surface area contributed by atoms with E-state index in [4.69, 9.17) is 28.9 Å². The molecular formula is C15H14Cl2N4O2S2. The Hall–Kier alpha value is -1.61. The van der Waals surface area contributed by atoms with Crippen molar-refractivity contribution in [1.29, 1.82) is 0 Å². The highest BCUT2D eigenvalue weighted by Gasteiger charge is 2.07. The molecule has 0 unspecified atom stereocenters. The van der Waals surface area contributed by atoms with Gasteiger partial charge in [-0.1, -0.05) is 23.2 Å². The molecular weight excluding hydrogens is 403 g/mol. The van der Waals surface area contributed by atoms with Crippen molar-refractivity contribution in [1.82, 2.24) is 9.97 Å². The van der Waals surface area contributed by atoms with E-state index in [9.17, 15) is 9.59 Å². The molecule has 0 aliphatic heterocycles. The highest BCUT2D eigenvalue weighted by molar-refractivity contribution is 8.38. The van der Waals surface area contributed by atoms with Crippen LogP contribution in [0.2, 0.25) is 10.0 Å². The third kappa shape index (κ3) is 7.87. The number of amides is 2. The molecule has 6 nitrogen and oxygen atoms in total. The van der Waals surface area contributed by atoms with E-state index in [0.717, 1.165) is 4.38 Å². The largest absolute Gasteiger partial charge is 0.364 e. The third-order valence-corrected chi connectivity index (χ3v) is 4.80. The van der Waals surface area contributed by atoms with Crippen molar-refractivity contribution in [3.8, 4) is 0 Å². The molecule has 0 atom stereocenters. The van der Waals surface area contributed by atoms with Gasteiger partial charge in [0.25, 0.3) is 11.8 Å². The van der Waals surface area contributed by atoms with Crippen LogP contribution in [-0.2, 0) is 0 Å². The first-order valence-electron chi connectivity index (χ1n) is 6.61. The van der Waals surface area contributed by atoms with Crippen LogP contribution in [0, 0.1) is 0 Å². The predicted octanol–water partition coefficient (Wildman–Crippen LogP) is 3.79. The Morgan fingerprint density at radius 1 is 0.960 bits per heavy atom. The maximum Gasteiger partial charge on any atom is 0.297 e. The van der Waals surface area contributed by atoms with Crippen LogP contribution in [0.5, 0.6) is 0 Å². The predicted molar refractivity (Wildman–Crippen MR) is 106 cm³/mol. The number of pyridine rings is 2. The Labute approximate surface area is 163 Å². The number of hydrogen-bond acceptors (Lipinski definition) is 6. The van der Waals surface area contributed by atoms with E-state index in [1.807, 2.05) is 12.5 Å². The van der Waals surface area contributed by atoms with E-state index in [1.165, 1.54) is 42.0 Å². The highest BCUT2D eigenvalue weighted by Crippen LogP contribution is 2.13. The van der Waals surface area contributed by atoms with Gasteiger partial charge in [-0.3, -0.25) is 9.59 Å². The topological polar surface area (TPSA) is 98.3 Å². The van der Waals surface area contributed by atoms with Crippen LogP contribution >= 0.6 is 46.7 Å². The number of aromatic nitrogens is 2. The lowest BCUT2D eigenvalue weighted by Crippen LogP contribution is -2.12. The van der Waals surface area contributed by atoms with Gasteiger partial charge in [0.2, 0.25) is 0 Å². The quantitative estimate of drug-likeness (QED) is 0.590. The number of nitrogens with zero attached hydrogens (tertiary/aromatic N) is 3. The summed E-state index contributed by atoms with van der Waals surface area (Å²) in [6, 6.07) is 6.22. The van der Waals surface area contributed by atoms with Gasteiger partial charge in [0.05, 0.1) is 10.0 Å². The minimum atomic E-state index is -0.545. The Balaban J connectivity index is 0.000000271. The van der Waals surface area contributed by atoms with E-state index < -0.39 is 5.91 Å². The fraction of sp³-hybridized carbons (Fsp3) is 0.133. The highest BCUT2D eigenvalue weighted by atomic mass is 35.5. The first-order valence-corrected chi connectivity index (χ1v) is 9.81. The molecule has 0 saturated heterocycles. The molecule has 0 aliphatic rings. The number of primary amides is 1. The van der Waals surface area contributed by atoms with E-state index >= 15 is 0 Å². The van der Waals surface area contributed by atoms with Crippen molar-refractivity contribution < 1.29 is 9.59 Å². The third-order valence-electron chi connectivity index (χ3n) is 2.47. The maximum absolute atomic E-state index is 11.6. The number of hydrogen-bond donors (Lipinski definition) is 1. The Morgan fingerprint density at radius 2 is 1.44 bits per heavy atom. The number of halogens is 2. The van der Waals surface area contributed by atoms with E-state index in [1.54, 1.807) is 18.2 Å². The molecule has 2 amide bonds. The summed E-state index contributed by atoms with van der Waals surface area (Å²) in [6.45, 7) is 0. The average molecular weight is 417 g/mol. The van der Waals surface area contributed by atoms with Crippen molar-refractivity contribution >= 4 is 62.9 Å². The second-order valence-electron chi connectivity index (χ2n) is 4.18. The monoisotopic (exact) mass is 416 g/mol. The minimum absolute atomic E-state index is 0.226. The maximum atomic E-state index is 11.6.